The SMILES string of the molecule is O=C(OCc1ccccc1)[C@H]1CCCN1C(=O)C(/C=C/C(Cc1ccccc1)C(=O)N1CCC[C@@H]1C(=O)OCc1ccccc1)Cc1ccccc1. The predicted molar refractivity (Wildman–Crippen MR) is 198 cm³/mol. The number of ether oxygens (including phenoxy) is 2. The Morgan fingerprint density at radius 1 is 0.519 bits per heavy atom. The summed E-state index contributed by atoms with van der Waals surface area (Å²) in [7, 11) is 0. The highest BCUT2D eigenvalue weighted by Crippen LogP contribution is 2.27. The molecule has 4 atom stereocenters. The lowest BCUT2D eigenvalue weighted by Crippen LogP contribution is -2.45. The van der Waals surface area contributed by atoms with Gasteiger partial charge in [-0.3, -0.25) is 9.59 Å². The molecule has 268 valence electrons. The Kier molecular flexibility index (Phi) is 12.7. The number of hydrogen-bond donors (Lipinski definition) is 0. The third-order valence-electron chi connectivity index (χ3n) is 9.87. The molecule has 8 nitrogen and oxygen atoms in total. The molecule has 2 aliphatic heterocycles. The number of rotatable bonds is 14. The van der Waals surface area contributed by atoms with Gasteiger partial charge >= 0.3 is 11.9 Å². The van der Waals surface area contributed by atoms with Crippen LogP contribution in [0.2, 0.25) is 0 Å². The molecular weight excluding hydrogens is 652 g/mol. The second kappa shape index (κ2) is 18.1. The van der Waals surface area contributed by atoms with E-state index < -0.39 is 35.9 Å². The fraction of sp³-hybridized carbons (Fsp3) is 0.318. The molecule has 2 fully saturated rings. The molecule has 2 unspecified atom stereocenters. The van der Waals surface area contributed by atoms with Gasteiger partial charge in [-0.25, -0.2) is 9.59 Å². The highest BCUT2D eigenvalue weighted by molar-refractivity contribution is 5.89. The molecule has 4 aromatic carbocycles. The zero-order chi connectivity index (χ0) is 36.1. The second-order valence-electron chi connectivity index (χ2n) is 13.5. The molecular formula is C44H46N2O6. The molecule has 2 amide bonds. The van der Waals surface area contributed by atoms with E-state index in [4.69, 9.17) is 9.47 Å². The van der Waals surface area contributed by atoms with Crippen LogP contribution < -0.4 is 0 Å². The van der Waals surface area contributed by atoms with Crippen molar-refractivity contribution in [1.29, 1.82) is 0 Å². The monoisotopic (exact) mass is 698 g/mol. The van der Waals surface area contributed by atoms with Crippen LogP contribution in [0.3, 0.4) is 0 Å². The molecule has 0 saturated carbocycles. The lowest BCUT2D eigenvalue weighted by molar-refractivity contribution is -0.155. The number of benzene rings is 4. The van der Waals surface area contributed by atoms with Gasteiger partial charge in [-0.1, -0.05) is 133 Å². The minimum atomic E-state index is -0.670. The van der Waals surface area contributed by atoms with Gasteiger partial charge in [0, 0.05) is 13.1 Å². The predicted octanol–water partition coefficient (Wildman–Crippen LogP) is 6.73. The fourth-order valence-corrected chi connectivity index (χ4v) is 7.11. The number of esters is 2. The molecule has 8 heteroatoms. The number of likely N-dealkylation sites (tertiary alicyclic amines) is 2. The smallest absolute Gasteiger partial charge is 0.329 e. The first kappa shape index (κ1) is 36.3. The summed E-state index contributed by atoms with van der Waals surface area (Å²) in [5.74, 6) is -2.41. The molecule has 6 rings (SSSR count). The fourth-order valence-electron chi connectivity index (χ4n) is 7.11. The summed E-state index contributed by atoms with van der Waals surface area (Å²) >= 11 is 0. The van der Waals surface area contributed by atoms with E-state index in [1.807, 2.05) is 133 Å². The quantitative estimate of drug-likeness (QED) is 0.107. The van der Waals surface area contributed by atoms with Crippen molar-refractivity contribution in [3.63, 3.8) is 0 Å². The first-order valence-electron chi connectivity index (χ1n) is 18.2. The van der Waals surface area contributed by atoms with E-state index in [-0.39, 0.29) is 25.0 Å². The minimum Gasteiger partial charge on any atom is -0.459 e. The Balaban J connectivity index is 1.22. The van der Waals surface area contributed by atoms with Gasteiger partial charge in [0.25, 0.3) is 0 Å². The van der Waals surface area contributed by atoms with Crippen LogP contribution >= 0.6 is 0 Å². The largest absolute Gasteiger partial charge is 0.459 e. The van der Waals surface area contributed by atoms with Gasteiger partial charge in [-0.05, 0) is 60.8 Å². The van der Waals surface area contributed by atoms with Crippen LogP contribution in [-0.2, 0) is 54.7 Å². The Morgan fingerprint density at radius 2 is 0.846 bits per heavy atom. The number of carbonyl (C=O) groups is 4. The maximum Gasteiger partial charge on any atom is 0.329 e. The zero-order valence-electron chi connectivity index (χ0n) is 29.4. The molecule has 0 N–H and O–H groups in total. The van der Waals surface area contributed by atoms with Crippen molar-refractivity contribution in [2.24, 2.45) is 11.8 Å². The first-order valence-corrected chi connectivity index (χ1v) is 18.2. The van der Waals surface area contributed by atoms with Crippen LogP contribution in [0.4, 0.5) is 0 Å². The minimum absolute atomic E-state index is 0.145. The van der Waals surface area contributed by atoms with E-state index in [0.717, 1.165) is 22.3 Å². The summed E-state index contributed by atoms with van der Waals surface area (Å²) in [5.41, 5.74) is 3.71. The Labute approximate surface area is 306 Å². The Morgan fingerprint density at radius 3 is 1.19 bits per heavy atom. The van der Waals surface area contributed by atoms with Gasteiger partial charge in [-0.15, -0.1) is 0 Å². The van der Waals surface area contributed by atoms with Crippen molar-refractivity contribution in [1.82, 2.24) is 9.80 Å². The highest BCUT2D eigenvalue weighted by Gasteiger charge is 2.39. The summed E-state index contributed by atoms with van der Waals surface area (Å²) in [6.45, 7) is 1.20. The van der Waals surface area contributed by atoms with E-state index in [0.29, 0.717) is 51.6 Å². The average Bonchev–Trinajstić information content (AvgIpc) is 3.90. The lowest BCUT2D eigenvalue weighted by atomic mass is 9.92. The maximum atomic E-state index is 14.4. The summed E-state index contributed by atoms with van der Waals surface area (Å²) in [4.78, 5) is 58.7. The summed E-state index contributed by atoms with van der Waals surface area (Å²) in [6, 6.07) is 37.2. The summed E-state index contributed by atoms with van der Waals surface area (Å²) in [5, 5.41) is 0. The van der Waals surface area contributed by atoms with E-state index >= 15 is 0 Å². The van der Waals surface area contributed by atoms with E-state index in [9.17, 15) is 19.2 Å². The van der Waals surface area contributed by atoms with Crippen LogP contribution in [0.5, 0.6) is 0 Å². The number of hydrogen-bond acceptors (Lipinski definition) is 6. The van der Waals surface area contributed by atoms with Gasteiger partial charge in [0.05, 0.1) is 11.8 Å². The van der Waals surface area contributed by atoms with Gasteiger partial charge in [0.15, 0.2) is 0 Å². The number of amides is 2. The van der Waals surface area contributed by atoms with Crippen molar-refractivity contribution in [2.45, 2.75) is 63.8 Å². The lowest BCUT2D eigenvalue weighted by Gasteiger charge is -2.28. The molecule has 0 bridgehead atoms. The van der Waals surface area contributed by atoms with Crippen molar-refractivity contribution in [3.8, 4) is 0 Å². The molecule has 2 aliphatic rings. The molecule has 2 heterocycles. The molecule has 52 heavy (non-hydrogen) atoms. The maximum absolute atomic E-state index is 14.4. The van der Waals surface area contributed by atoms with Crippen LogP contribution in [-0.4, -0.2) is 58.7 Å². The standard InChI is InChI=1S/C44H46N2O6/c47-41(45-27-13-23-39(45)43(49)51-31-35-19-9-3-10-20-35)37(29-33-15-5-1-6-16-33)25-26-38(30-34-17-7-2-8-18-34)42(48)46-28-14-24-40(46)44(50)52-32-36-21-11-4-12-22-36/h1-12,15-22,25-26,37-40H,13-14,23-24,27-32H2/b26-25+/t37?,38?,39-,40-/m1/s1. The highest BCUT2D eigenvalue weighted by atomic mass is 16.5. The average molecular weight is 699 g/mol. The molecule has 4 aromatic rings. The molecule has 2 saturated heterocycles. The van der Waals surface area contributed by atoms with E-state index in [2.05, 4.69) is 0 Å². The Bertz CT molecular complexity index is 1660. The van der Waals surface area contributed by atoms with Crippen molar-refractivity contribution in [3.05, 3.63) is 156 Å². The van der Waals surface area contributed by atoms with Crippen LogP contribution in [0.25, 0.3) is 0 Å². The van der Waals surface area contributed by atoms with Crippen molar-refractivity contribution < 1.29 is 28.7 Å². The van der Waals surface area contributed by atoms with E-state index in [1.165, 1.54) is 0 Å². The van der Waals surface area contributed by atoms with Gasteiger partial charge in [-0.2, -0.15) is 0 Å². The third-order valence-corrected chi connectivity index (χ3v) is 9.87. The van der Waals surface area contributed by atoms with E-state index in [1.54, 1.807) is 9.80 Å². The molecule has 0 aliphatic carbocycles. The third kappa shape index (κ3) is 9.63. The Hall–Kier alpha value is -5.50. The van der Waals surface area contributed by atoms with Gasteiger partial charge in [0.1, 0.15) is 25.3 Å². The number of nitrogens with zero attached hydrogens (tertiary/aromatic N) is 2. The topological polar surface area (TPSA) is 93.2 Å². The number of carbonyl (C=O) groups excluding carboxylic acids is 4. The molecule has 0 aromatic heterocycles. The molecule has 0 radical (unpaired) electrons. The molecule has 0 spiro atoms. The van der Waals surface area contributed by atoms with Crippen LogP contribution in [0.15, 0.2) is 133 Å². The summed E-state index contributed by atoms with van der Waals surface area (Å²) < 4.78 is 11.4. The van der Waals surface area contributed by atoms with Gasteiger partial charge in [0.2, 0.25) is 11.8 Å². The van der Waals surface area contributed by atoms with Crippen molar-refractivity contribution in [2.75, 3.05) is 13.1 Å². The zero-order valence-corrected chi connectivity index (χ0v) is 29.4. The first-order chi connectivity index (χ1) is 25.5. The van der Waals surface area contributed by atoms with Crippen LogP contribution in [0.1, 0.15) is 47.9 Å². The second-order valence-corrected chi connectivity index (χ2v) is 13.5. The van der Waals surface area contributed by atoms with Crippen molar-refractivity contribution >= 4 is 23.8 Å². The normalized spacial score (nSPS) is 18.2. The summed E-state index contributed by atoms with van der Waals surface area (Å²) in [6.07, 6.45) is 6.95. The van der Waals surface area contributed by atoms with Gasteiger partial charge < -0.3 is 19.3 Å². The van der Waals surface area contributed by atoms with Crippen LogP contribution in [0, 0.1) is 11.8 Å².